The Kier molecular flexibility index (Phi) is 5.19. The van der Waals surface area contributed by atoms with Crippen molar-refractivity contribution in [2.24, 2.45) is 5.92 Å². The number of rotatable bonds is 6. The van der Waals surface area contributed by atoms with E-state index in [4.69, 9.17) is 5.11 Å². The van der Waals surface area contributed by atoms with Gasteiger partial charge in [-0.3, -0.25) is 4.98 Å². The third kappa shape index (κ3) is 3.45. The Labute approximate surface area is 97.3 Å². The Morgan fingerprint density at radius 2 is 2.12 bits per heavy atom. The number of aliphatic hydroxyl groups is 1. The molecule has 1 atom stereocenters. The molecule has 4 heteroatoms. The van der Waals surface area contributed by atoms with Gasteiger partial charge in [-0.1, -0.05) is 20.3 Å². The standard InChI is InChI=1S/C12H21N3O/c1-4-10(3)8-15(5-2)12-7-13-6-11(9-16)14-12/h6-7,10,16H,4-5,8-9H2,1-3H3. The van der Waals surface area contributed by atoms with Gasteiger partial charge in [0.15, 0.2) is 0 Å². The number of anilines is 1. The summed E-state index contributed by atoms with van der Waals surface area (Å²) in [5, 5.41) is 9.02. The van der Waals surface area contributed by atoms with Crippen molar-refractivity contribution in [2.75, 3.05) is 18.0 Å². The van der Waals surface area contributed by atoms with E-state index in [1.807, 2.05) is 0 Å². The summed E-state index contributed by atoms with van der Waals surface area (Å²) in [6, 6.07) is 0. The SMILES string of the molecule is CCC(C)CN(CC)c1cncc(CO)n1. The molecule has 0 saturated heterocycles. The molecular formula is C12H21N3O. The van der Waals surface area contributed by atoms with E-state index in [0.29, 0.717) is 11.6 Å². The van der Waals surface area contributed by atoms with Gasteiger partial charge in [-0.2, -0.15) is 0 Å². The summed E-state index contributed by atoms with van der Waals surface area (Å²) in [6.45, 7) is 8.36. The smallest absolute Gasteiger partial charge is 0.147 e. The van der Waals surface area contributed by atoms with Gasteiger partial charge >= 0.3 is 0 Å². The molecule has 4 nitrogen and oxygen atoms in total. The zero-order chi connectivity index (χ0) is 12.0. The summed E-state index contributed by atoms with van der Waals surface area (Å²) >= 11 is 0. The molecule has 1 heterocycles. The van der Waals surface area contributed by atoms with Gasteiger partial charge in [0.05, 0.1) is 24.7 Å². The fourth-order valence-electron chi connectivity index (χ4n) is 1.51. The van der Waals surface area contributed by atoms with E-state index in [9.17, 15) is 0 Å². The van der Waals surface area contributed by atoms with Crippen molar-refractivity contribution in [3.8, 4) is 0 Å². The number of hydrogen-bond acceptors (Lipinski definition) is 4. The lowest BCUT2D eigenvalue weighted by molar-refractivity contribution is 0.276. The van der Waals surface area contributed by atoms with Crippen LogP contribution in [-0.2, 0) is 6.61 Å². The highest BCUT2D eigenvalue weighted by Crippen LogP contribution is 2.13. The first-order valence-electron chi connectivity index (χ1n) is 5.87. The highest BCUT2D eigenvalue weighted by Gasteiger charge is 2.10. The maximum absolute atomic E-state index is 9.02. The lowest BCUT2D eigenvalue weighted by atomic mass is 10.1. The zero-order valence-corrected chi connectivity index (χ0v) is 10.3. The van der Waals surface area contributed by atoms with Crippen LogP contribution in [0.3, 0.4) is 0 Å². The van der Waals surface area contributed by atoms with Crippen LogP contribution in [0.1, 0.15) is 32.9 Å². The van der Waals surface area contributed by atoms with E-state index in [1.54, 1.807) is 12.4 Å². The van der Waals surface area contributed by atoms with E-state index < -0.39 is 0 Å². The summed E-state index contributed by atoms with van der Waals surface area (Å²) in [5.74, 6) is 1.49. The normalized spacial score (nSPS) is 12.5. The van der Waals surface area contributed by atoms with E-state index in [0.717, 1.165) is 25.3 Å². The third-order valence-electron chi connectivity index (χ3n) is 2.77. The molecule has 1 unspecified atom stereocenters. The molecule has 0 fully saturated rings. The molecule has 0 saturated carbocycles. The Morgan fingerprint density at radius 1 is 1.38 bits per heavy atom. The van der Waals surface area contributed by atoms with Gasteiger partial charge in [0.25, 0.3) is 0 Å². The van der Waals surface area contributed by atoms with Crippen molar-refractivity contribution < 1.29 is 5.11 Å². The maximum Gasteiger partial charge on any atom is 0.147 e. The predicted octanol–water partition coefficient (Wildman–Crippen LogP) is 1.84. The predicted molar refractivity (Wildman–Crippen MR) is 65.3 cm³/mol. The molecule has 1 N–H and O–H groups in total. The van der Waals surface area contributed by atoms with Crippen LogP contribution in [0, 0.1) is 5.92 Å². The molecule has 0 bridgehead atoms. The van der Waals surface area contributed by atoms with Crippen molar-refractivity contribution in [1.29, 1.82) is 0 Å². The lowest BCUT2D eigenvalue weighted by Crippen LogP contribution is -2.29. The maximum atomic E-state index is 9.02. The van der Waals surface area contributed by atoms with Crippen LogP contribution >= 0.6 is 0 Å². The van der Waals surface area contributed by atoms with Crippen LogP contribution in [0.5, 0.6) is 0 Å². The van der Waals surface area contributed by atoms with Crippen LogP contribution in [0.2, 0.25) is 0 Å². The quantitative estimate of drug-likeness (QED) is 0.799. The first-order valence-corrected chi connectivity index (χ1v) is 5.87. The minimum Gasteiger partial charge on any atom is -0.390 e. The largest absolute Gasteiger partial charge is 0.390 e. The van der Waals surface area contributed by atoms with Crippen LogP contribution in [0.4, 0.5) is 5.82 Å². The molecule has 0 aliphatic carbocycles. The molecule has 1 aromatic heterocycles. The molecule has 90 valence electrons. The average Bonchev–Trinajstić information content (AvgIpc) is 2.35. The topological polar surface area (TPSA) is 49.2 Å². The molecule has 0 aromatic carbocycles. The molecular weight excluding hydrogens is 202 g/mol. The van der Waals surface area contributed by atoms with Gasteiger partial charge in [0.1, 0.15) is 5.82 Å². The Hall–Kier alpha value is -1.16. The highest BCUT2D eigenvalue weighted by molar-refractivity contribution is 5.36. The Bertz CT molecular complexity index is 317. The van der Waals surface area contributed by atoms with Crippen LogP contribution in [-0.4, -0.2) is 28.2 Å². The van der Waals surface area contributed by atoms with Crippen LogP contribution in [0.25, 0.3) is 0 Å². The van der Waals surface area contributed by atoms with Gasteiger partial charge in [0, 0.05) is 13.1 Å². The van der Waals surface area contributed by atoms with E-state index in [2.05, 4.69) is 35.6 Å². The summed E-state index contributed by atoms with van der Waals surface area (Å²) < 4.78 is 0. The van der Waals surface area contributed by atoms with Crippen molar-refractivity contribution in [3.63, 3.8) is 0 Å². The zero-order valence-electron chi connectivity index (χ0n) is 10.3. The second-order valence-corrected chi connectivity index (χ2v) is 4.08. The van der Waals surface area contributed by atoms with Crippen LogP contribution in [0.15, 0.2) is 12.4 Å². The molecule has 1 rings (SSSR count). The first-order chi connectivity index (χ1) is 7.71. The number of hydrogen-bond donors (Lipinski definition) is 1. The second-order valence-electron chi connectivity index (χ2n) is 4.08. The molecule has 0 aliphatic rings. The molecule has 0 aliphatic heterocycles. The van der Waals surface area contributed by atoms with E-state index in [1.165, 1.54) is 0 Å². The van der Waals surface area contributed by atoms with Crippen molar-refractivity contribution in [2.45, 2.75) is 33.8 Å². The van der Waals surface area contributed by atoms with Gasteiger partial charge in [0.2, 0.25) is 0 Å². The second kappa shape index (κ2) is 6.43. The van der Waals surface area contributed by atoms with E-state index >= 15 is 0 Å². The molecule has 0 amide bonds. The van der Waals surface area contributed by atoms with E-state index in [-0.39, 0.29) is 6.61 Å². The van der Waals surface area contributed by atoms with Gasteiger partial charge in [-0.15, -0.1) is 0 Å². The summed E-state index contributed by atoms with van der Waals surface area (Å²) in [6.07, 6.45) is 4.51. The fourth-order valence-corrected chi connectivity index (χ4v) is 1.51. The number of aromatic nitrogens is 2. The Balaban J connectivity index is 2.77. The highest BCUT2D eigenvalue weighted by atomic mass is 16.3. The monoisotopic (exact) mass is 223 g/mol. The minimum atomic E-state index is -0.0538. The van der Waals surface area contributed by atoms with Gasteiger partial charge in [-0.05, 0) is 12.8 Å². The fraction of sp³-hybridized carbons (Fsp3) is 0.667. The lowest BCUT2D eigenvalue weighted by Gasteiger charge is -2.24. The minimum absolute atomic E-state index is 0.0538. The summed E-state index contributed by atoms with van der Waals surface area (Å²) in [4.78, 5) is 10.7. The summed E-state index contributed by atoms with van der Waals surface area (Å²) in [7, 11) is 0. The molecule has 1 aromatic rings. The first kappa shape index (κ1) is 12.9. The molecule has 0 spiro atoms. The number of nitrogens with zero attached hydrogens (tertiary/aromatic N) is 3. The average molecular weight is 223 g/mol. The molecule has 0 radical (unpaired) electrons. The van der Waals surface area contributed by atoms with Crippen molar-refractivity contribution in [3.05, 3.63) is 18.1 Å². The number of aliphatic hydroxyl groups excluding tert-OH is 1. The third-order valence-corrected chi connectivity index (χ3v) is 2.77. The van der Waals surface area contributed by atoms with Crippen LogP contribution < -0.4 is 4.90 Å². The van der Waals surface area contributed by atoms with Crippen molar-refractivity contribution >= 4 is 5.82 Å². The Morgan fingerprint density at radius 3 is 2.69 bits per heavy atom. The summed E-state index contributed by atoms with van der Waals surface area (Å²) in [5.41, 5.74) is 0.625. The van der Waals surface area contributed by atoms with Crippen molar-refractivity contribution in [1.82, 2.24) is 9.97 Å². The van der Waals surface area contributed by atoms with Gasteiger partial charge in [-0.25, -0.2) is 4.98 Å². The van der Waals surface area contributed by atoms with Gasteiger partial charge < -0.3 is 10.0 Å². The molecule has 16 heavy (non-hydrogen) atoms.